The number of hydrogen-bond donors (Lipinski definition) is 4. The molecule has 0 bridgehead atoms. The van der Waals surface area contributed by atoms with Crippen LogP contribution in [0, 0.1) is 0 Å². The summed E-state index contributed by atoms with van der Waals surface area (Å²) in [6.45, 7) is 0. The molecule has 6 N–H and O–H groups in total. The Morgan fingerprint density at radius 2 is 0.694 bits per heavy atom. The minimum Gasteiger partial charge on any atom is -0.379 e. The Bertz CT molecular complexity index is 1020. The van der Waals surface area contributed by atoms with Crippen LogP contribution in [0.1, 0.15) is 22.3 Å². The van der Waals surface area contributed by atoms with Crippen molar-refractivity contribution in [2.24, 2.45) is 11.5 Å². The standard InChI is InChI=1S/C30H32N2O2S2/c31-27(29(33,23-13-5-1-6-14-23)24-15-7-2-8-16-24)21-35-36-22-28(32)30(34,25-17-9-3-10-18-25)26-19-11-4-12-20-26/h1-20,27-28,33-34H,21-22,31-32H2/t27-,28-/m0/s1. The highest BCUT2D eigenvalue weighted by atomic mass is 33.1. The molecular formula is C30H32N2O2S2. The Morgan fingerprint density at radius 3 is 0.917 bits per heavy atom. The molecule has 0 aliphatic carbocycles. The highest BCUT2D eigenvalue weighted by Gasteiger charge is 2.40. The molecule has 186 valence electrons. The fourth-order valence-electron chi connectivity index (χ4n) is 4.44. The molecule has 4 aromatic rings. The van der Waals surface area contributed by atoms with Crippen LogP contribution in [0.5, 0.6) is 0 Å². The van der Waals surface area contributed by atoms with Crippen molar-refractivity contribution >= 4 is 21.6 Å². The van der Waals surface area contributed by atoms with Gasteiger partial charge in [-0.05, 0) is 22.3 Å². The first-order chi connectivity index (χ1) is 17.5. The maximum Gasteiger partial charge on any atom is 0.130 e. The van der Waals surface area contributed by atoms with E-state index in [1.807, 2.05) is 121 Å². The second-order valence-electron chi connectivity index (χ2n) is 8.78. The smallest absolute Gasteiger partial charge is 0.130 e. The van der Waals surface area contributed by atoms with Crippen molar-refractivity contribution < 1.29 is 10.2 Å². The van der Waals surface area contributed by atoms with Gasteiger partial charge in [-0.3, -0.25) is 0 Å². The zero-order valence-corrected chi connectivity index (χ0v) is 21.6. The fraction of sp³-hybridized carbons (Fsp3) is 0.200. The van der Waals surface area contributed by atoms with Gasteiger partial charge >= 0.3 is 0 Å². The first-order valence-electron chi connectivity index (χ1n) is 11.9. The summed E-state index contributed by atoms with van der Waals surface area (Å²) in [6, 6.07) is 37.1. The van der Waals surface area contributed by atoms with Gasteiger partial charge in [0.15, 0.2) is 0 Å². The van der Waals surface area contributed by atoms with Crippen LogP contribution >= 0.6 is 21.6 Å². The van der Waals surface area contributed by atoms with E-state index in [0.29, 0.717) is 11.5 Å². The van der Waals surface area contributed by atoms with Crippen LogP contribution in [0.3, 0.4) is 0 Å². The minimum atomic E-state index is -1.33. The van der Waals surface area contributed by atoms with Gasteiger partial charge in [0.25, 0.3) is 0 Å². The zero-order valence-electron chi connectivity index (χ0n) is 20.0. The van der Waals surface area contributed by atoms with E-state index in [1.165, 1.54) is 0 Å². The van der Waals surface area contributed by atoms with Crippen LogP contribution < -0.4 is 11.5 Å². The van der Waals surface area contributed by atoms with Gasteiger partial charge in [0.2, 0.25) is 0 Å². The predicted octanol–water partition coefficient (Wildman–Crippen LogP) is 4.89. The lowest BCUT2D eigenvalue weighted by Gasteiger charge is -2.36. The van der Waals surface area contributed by atoms with Gasteiger partial charge in [-0.1, -0.05) is 143 Å². The van der Waals surface area contributed by atoms with Gasteiger partial charge < -0.3 is 21.7 Å². The van der Waals surface area contributed by atoms with E-state index >= 15 is 0 Å². The van der Waals surface area contributed by atoms with Crippen molar-refractivity contribution in [1.29, 1.82) is 0 Å². The summed E-state index contributed by atoms with van der Waals surface area (Å²) in [6.07, 6.45) is 0. The lowest BCUT2D eigenvalue weighted by molar-refractivity contribution is 0.0591. The van der Waals surface area contributed by atoms with Gasteiger partial charge in [0.05, 0.1) is 12.1 Å². The molecule has 4 rings (SSSR count). The number of hydrogen-bond acceptors (Lipinski definition) is 6. The Hall–Kier alpha value is -2.58. The second-order valence-corrected chi connectivity index (χ2v) is 11.3. The third-order valence-corrected chi connectivity index (χ3v) is 8.98. The first-order valence-corrected chi connectivity index (χ1v) is 14.4. The van der Waals surface area contributed by atoms with Crippen LogP contribution in [-0.4, -0.2) is 33.8 Å². The molecule has 4 aromatic carbocycles. The van der Waals surface area contributed by atoms with Gasteiger partial charge in [-0.25, -0.2) is 0 Å². The van der Waals surface area contributed by atoms with Gasteiger partial charge in [-0.15, -0.1) is 0 Å². The lowest BCUT2D eigenvalue weighted by Crippen LogP contribution is -2.48. The molecule has 0 radical (unpaired) electrons. The fourth-order valence-corrected chi connectivity index (χ4v) is 6.87. The molecule has 0 amide bonds. The molecule has 36 heavy (non-hydrogen) atoms. The van der Waals surface area contributed by atoms with Crippen molar-refractivity contribution in [3.63, 3.8) is 0 Å². The maximum absolute atomic E-state index is 11.8. The van der Waals surface area contributed by atoms with E-state index in [-0.39, 0.29) is 0 Å². The lowest BCUT2D eigenvalue weighted by atomic mass is 9.81. The minimum absolute atomic E-state index is 0.493. The van der Waals surface area contributed by atoms with E-state index in [2.05, 4.69) is 0 Å². The Morgan fingerprint density at radius 1 is 0.472 bits per heavy atom. The number of nitrogens with two attached hydrogens (primary N) is 2. The van der Waals surface area contributed by atoms with Crippen molar-refractivity contribution in [2.75, 3.05) is 11.5 Å². The van der Waals surface area contributed by atoms with E-state index < -0.39 is 23.3 Å². The van der Waals surface area contributed by atoms with Crippen molar-refractivity contribution in [3.8, 4) is 0 Å². The van der Waals surface area contributed by atoms with Crippen LogP contribution in [0.4, 0.5) is 0 Å². The van der Waals surface area contributed by atoms with Crippen molar-refractivity contribution in [1.82, 2.24) is 0 Å². The molecule has 0 unspecified atom stereocenters. The van der Waals surface area contributed by atoms with Crippen molar-refractivity contribution in [3.05, 3.63) is 144 Å². The molecule has 0 saturated carbocycles. The molecule has 0 spiro atoms. The highest BCUT2D eigenvalue weighted by Crippen LogP contribution is 2.38. The molecule has 0 saturated heterocycles. The highest BCUT2D eigenvalue weighted by molar-refractivity contribution is 8.76. The van der Waals surface area contributed by atoms with Crippen molar-refractivity contribution in [2.45, 2.75) is 23.3 Å². The number of benzene rings is 4. The molecular weight excluding hydrogens is 484 g/mol. The normalized spacial score (nSPS) is 13.8. The molecule has 0 aliphatic rings. The van der Waals surface area contributed by atoms with Gasteiger partial charge in [-0.2, -0.15) is 0 Å². The van der Waals surface area contributed by atoms with E-state index in [9.17, 15) is 10.2 Å². The van der Waals surface area contributed by atoms with E-state index in [0.717, 1.165) is 22.3 Å². The molecule has 0 aromatic heterocycles. The average molecular weight is 517 g/mol. The molecule has 2 atom stereocenters. The molecule has 6 heteroatoms. The Labute approximate surface area is 221 Å². The quantitative estimate of drug-likeness (QED) is 0.168. The average Bonchev–Trinajstić information content (AvgIpc) is 2.96. The van der Waals surface area contributed by atoms with E-state index in [1.54, 1.807) is 21.6 Å². The summed E-state index contributed by atoms with van der Waals surface area (Å²) in [5.41, 5.74) is 13.7. The van der Waals surface area contributed by atoms with E-state index in [4.69, 9.17) is 11.5 Å². The number of rotatable bonds is 11. The van der Waals surface area contributed by atoms with Crippen LogP contribution in [0.25, 0.3) is 0 Å². The topological polar surface area (TPSA) is 92.5 Å². The second kappa shape index (κ2) is 12.1. The molecule has 4 nitrogen and oxygen atoms in total. The summed E-state index contributed by atoms with van der Waals surface area (Å²) in [5, 5.41) is 23.7. The Balaban J connectivity index is 1.46. The summed E-state index contributed by atoms with van der Waals surface area (Å²) in [4.78, 5) is 0. The predicted molar refractivity (Wildman–Crippen MR) is 153 cm³/mol. The Kier molecular flexibility index (Phi) is 8.90. The first kappa shape index (κ1) is 26.5. The maximum atomic E-state index is 11.8. The summed E-state index contributed by atoms with van der Waals surface area (Å²) < 4.78 is 0. The molecule has 0 heterocycles. The third-order valence-electron chi connectivity index (χ3n) is 6.51. The largest absolute Gasteiger partial charge is 0.379 e. The monoisotopic (exact) mass is 516 g/mol. The molecule has 0 fully saturated rings. The summed E-state index contributed by atoms with van der Waals surface area (Å²) in [5.74, 6) is 0.986. The molecule has 0 aliphatic heterocycles. The number of aliphatic hydroxyl groups is 2. The van der Waals surface area contributed by atoms with Crippen LogP contribution in [0.2, 0.25) is 0 Å². The summed E-state index contributed by atoms with van der Waals surface area (Å²) in [7, 11) is 3.11. The van der Waals surface area contributed by atoms with Gasteiger partial charge in [0, 0.05) is 11.5 Å². The van der Waals surface area contributed by atoms with Gasteiger partial charge in [0.1, 0.15) is 11.2 Å². The zero-order chi connectivity index (χ0) is 25.4. The summed E-state index contributed by atoms with van der Waals surface area (Å²) >= 11 is 0. The third kappa shape index (κ3) is 5.54. The SMILES string of the molecule is N[C@@H](CSSC[C@H](N)C(O)(c1ccccc1)c1ccccc1)C(O)(c1ccccc1)c1ccccc1. The van der Waals surface area contributed by atoms with Crippen LogP contribution in [-0.2, 0) is 11.2 Å². The van der Waals surface area contributed by atoms with Crippen LogP contribution in [0.15, 0.2) is 121 Å².